The van der Waals surface area contributed by atoms with Crippen LogP contribution >= 0.6 is 11.3 Å². The summed E-state index contributed by atoms with van der Waals surface area (Å²) in [6, 6.07) is 19.3. The number of hydrogen-bond donors (Lipinski definition) is 2. The quantitative estimate of drug-likeness (QED) is 0.563. The van der Waals surface area contributed by atoms with Crippen LogP contribution in [0.15, 0.2) is 72.2 Å². The van der Waals surface area contributed by atoms with Crippen LogP contribution in [0.5, 0.6) is 0 Å². The molecule has 2 heterocycles. The second-order valence-electron chi connectivity index (χ2n) is 5.36. The van der Waals surface area contributed by atoms with Crippen molar-refractivity contribution in [2.45, 2.75) is 0 Å². The normalized spacial score (nSPS) is 10.6. The number of carbonyl (C=O) groups is 1. The van der Waals surface area contributed by atoms with Crippen LogP contribution in [0.1, 0.15) is 10.5 Å². The van der Waals surface area contributed by atoms with E-state index in [0.29, 0.717) is 10.8 Å². The number of nitrogens with zero attached hydrogens (tertiary/aromatic N) is 2. The predicted octanol–water partition coefficient (Wildman–Crippen LogP) is 4.69. The van der Waals surface area contributed by atoms with Crippen LogP contribution < -0.4 is 10.6 Å². The summed E-state index contributed by atoms with van der Waals surface area (Å²) in [5.74, 6) is 0.490. The first kappa shape index (κ1) is 15.3. The molecule has 122 valence electrons. The number of rotatable bonds is 4. The van der Waals surface area contributed by atoms with Gasteiger partial charge < -0.3 is 10.6 Å². The summed E-state index contributed by atoms with van der Waals surface area (Å²) in [5, 5.41) is 10.5. The number of aromatic nitrogens is 2. The van der Waals surface area contributed by atoms with Gasteiger partial charge in [0.1, 0.15) is 11.5 Å². The predicted molar refractivity (Wildman–Crippen MR) is 102 cm³/mol. The molecule has 4 aromatic rings. The van der Waals surface area contributed by atoms with E-state index in [0.717, 1.165) is 22.3 Å². The highest BCUT2D eigenvalue weighted by molar-refractivity contribution is 7.14. The van der Waals surface area contributed by atoms with Crippen molar-refractivity contribution in [3.63, 3.8) is 0 Å². The first-order valence-electron chi connectivity index (χ1n) is 7.72. The van der Waals surface area contributed by atoms with Crippen molar-refractivity contribution in [2.24, 2.45) is 0 Å². The molecule has 4 rings (SSSR count). The molecule has 0 bridgehead atoms. The molecule has 2 N–H and O–H groups in total. The zero-order valence-electron chi connectivity index (χ0n) is 13.1. The van der Waals surface area contributed by atoms with Crippen LogP contribution in [0.25, 0.3) is 10.8 Å². The Morgan fingerprint density at radius 2 is 1.76 bits per heavy atom. The summed E-state index contributed by atoms with van der Waals surface area (Å²) >= 11 is 1.37. The van der Waals surface area contributed by atoms with Crippen LogP contribution in [0.3, 0.4) is 0 Å². The Hall–Kier alpha value is -3.25. The van der Waals surface area contributed by atoms with E-state index in [1.54, 1.807) is 11.6 Å². The molecule has 0 saturated carbocycles. The Balaban J connectivity index is 1.54. The van der Waals surface area contributed by atoms with E-state index in [1.165, 1.54) is 11.3 Å². The summed E-state index contributed by atoms with van der Waals surface area (Å²) in [7, 11) is 0. The van der Waals surface area contributed by atoms with Gasteiger partial charge in [0.2, 0.25) is 0 Å². The van der Waals surface area contributed by atoms with E-state index in [-0.39, 0.29) is 5.91 Å². The molecule has 0 spiro atoms. The number of para-hydroxylation sites is 1. The van der Waals surface area contributed by atoms with Gasteiger partial charge in [0.05, 0.1) is 0 Å². The van der Waals surface area contributed by atoms with Crippen molar-refractivity contribution >= 4 is 44.7 Å². The van der Waals surface area contributed by atoms with Crippen molar-refractivity contribution in [1.82, 2.24) is 9.97 Å². The molecule has 0 atom stereocenters. The van der Waals surface area contributed by atoms with Gasteiger partial charge in [-0.1, -0.05) is 42.5 Å². The summed E-state index contributed by atoms with van der Waals surface area (Å²) in [4.78, 5) is 21.0. The molecule has 0 saturated heterocycles. The van der Waals surface area contributed by atoms with Crippen molar-refractivity contribution in [3.05, 3.63) is 77.9 Å². The third-order valence-electron chi connectivity index (χ3n) is 3.67. The molecule has 2 aromatic carbocycles. The molecular weight excluding hydrogens is 332 g/mol. The molecule has 0 radical (unpaired) electrons. The summed E-state index contributed by atoms with van der Waals surface area (Å²) in [5.41, 5.74) is 1.11. The van der Waals surface area contributed by atoms with Gasteiger partial charge in [-0.05, 0) is 23.6 Å². The Bertz CT molecular complexity index is 1020. The molecule has 0 aliphatic carbocycles. The van der Waals surface area contributed by atoms with Gasteiger partial charge in [0.15, 0.2) is 5.13 Å². The van der Waals surface area contributed by atoms with Crippen molar-refractivity contribution in [3.8, 4) is 0 Å². The molecular formula is C19H14N4OS. The second kappa shape index (κ2) is 6.70. The fourth-order valence-electron chi connectivity index (χ4n) is 2.47. The Kier molecular flexibility index (Phi) is 4.10. The summed E-state index contributed by atoms with van der Waals surface area (Å²) < 4.78 is 0. The number of thiazole rings is 1. The van der Waals surface area contributed by atoms with Crippen molar-refractivity contribution < 1.29 is 4.79 Å². The molecule has 0 aliphatic rings. The maximum absolute atomic E-state index is 12.3. The fraction of sp³-hybridized carbons (Fsp3) is 0. The minimum Gasteiger partial charge on any atom is -0.321 e. The van der Waals surface area contributed by atoms with Gasteiger partial charge in [-0.15, -0.1) is 11.3 Å². The van der Waals surface area contributed by atoms with Gasteiger partial charge in [0, 0.05) is 22.7 Å². The van der Waals surface area contributed by atoms with Gasteiger partial charge in [-0.2, -0.15) is 0 Å². The lowest BCUT2D eigenvalue weighted by Crippen LogP contribution is -2.12. The van der Waals surface area contributed by atoms with E-state index in [9.17, 15) is 4.79 Å². The number of hydrogen-bond acceptors (Lipinski definition) is 5. The van der Waals surface area contributed by atoms with E-state index in [4.69, 9.17) is 0 Å². The second-order valence-corrected chi connectivity index (χ2v) is 6.22. The minimum atomic E-state index is -0.235. The standard InChI is InChI=1S/C19H14N4OS/c24-18(21-14-7-2-1-3-8-14)16-12-25-19(22-16)23-17-15-9-5-4-6-13(15)10-11-20-17/h1-12H,(H,21,24)(H,20,22,23). The van der Waals surface area contributed by atoms with Crippen LogP contribution in [0.2, 0.25) is 0 Å². The molecule has 25 heavy (non-hydrogen) atoms. The van der Waals surface area contributed by atoms with Gasteiger partial charge in [0.25, 0.3) is 5.91 Å². The van der Waals surface area contributed by atoms with Crippen molar-refractivity contribution in [1.29, 1.82) is 0 Å². The smallest absolute Gasteiger partial charge is 0.275 e. The first-order valence-corrected chi connectivity index (χ1v) is 8.60. The number of anilines is 3. The van der Waals surface area contributed by atoms with E-state index >= 15 is 0 Å². The van der Waals surface area contributed by atoms with Crippen LogP contribution in [-0.4, -0.2) is 15.9 Å². The van der Waals surface area contributed by atoms with E-state index < -0.39 is 0 Å². The topological polar surface area (TPSA) is 66.9 Å². The first-order chi connectivity index (χ1) is 12.3. The largest absolute Gasteiger partial charge is 0.321 e. The third-order valence-corrected chi connectivity index (χ3v) is 4.43. The SMILES string of the molecule is O=C(Nc1ccccc1)c1csc(Nc2nccc3ccccc23)n1. The number of pyridine rings is 1. The minimum absolute atomic E-state index is 0.235. The Morgan fingerprint density at radius 1 is 0.960 bits per heavy atom. The summed E-state index contributed by atoms with van der Waals surface area (Å²) in [6.45, 7) is 0. The van der Waals surface area contributed by atoms with Gasteiger partial charge in [-0.3, -0.25) is 4.79 Å². The van der Waals surface area contributed by atoms with Crippen molar-refractivity contribution in [2.75, 3.05) is 10.6 Å². The molecule has 0 unspecified atom stereocenters. The van der Waals surface area contributed by atoms with Gasteiger partial charge in [-0.25, -0.2) is 9.97 Å². The fourth-order valence-corrected chi connectivity index (χ4v) is 3.16. The zero-order valence-corrected chi connectivity index (χ0v) is 14.0. The lowest BCUT2D eigenvalue weighted by atomic mass is 10.2. The number of amides is 1. The van der Waals surface area contributed by atoms with Crippen LogP contribution in [0.4, 0.5) is 16.6 Å². The lowest BCUT2D eigenvalue weighted by Gasteiger charge is -2.05. The number of fused-ring (bicyclic) bond motifs is 1. The molecule has 1 amide bonds. The van der Waals surface area contributed by atoms with Crippen LogP contribution in [-0.2, 0) is 0 Å². The highest BCUT2D eigenvalue weighted by Crippen LogP contribution is 2.26. The number of carbonyl (C=O) groups excluding carboxylic acids is 1. The highest BCUT2D eigenvalue weighted by atomic mass is 32.1. The molecule has 6 heteroatoms. The Morgan fingerprint density at radius 3 is 2.64 bits per heavy atom. The average Bonchev–Trinajstić information content (AvgIpc) is 3.12. The maximum Gasteiger partial charge on any atom is 0.275 e. The van der Waals surface area contributed by atoms with E-state index in [2.05, 4.69) is 20.6 Å². The molecule has 5 nitrogen and oxygen atoms in total. The monoisotopic (exact) mass is 346 g/mol. The highest BCUT2D eigenvalue weighted by Gasteiger charge is 2.12. The zero-order chi connectivity index (χ0) is 17.1. The van der Waals surface area contributed by atoms with Crippen LogP contribution in [0, 0.1) is 0 Å². The number of nitrogens with one attached hydrogen (secondary N) is 2. The van der Waals surface area contributed by atoms with Gasteiger partial charge >= 0.3 is 0 Å². The van der Waals surface area contributed by atoms with E-state index in [1.807, 2.05) is 60.7 Å². The third kappa shape index (κ3) is 3.34. The average molecular weight is 346 g/mol. The molecule has 0 fully saturated rings. The molecule has 0 aliphatic heterocycles. The number of benzene rings is 2. The summed E-state index contributed by atoms with van der Waals surface area (Å²) in [6.07, 6.45) is 1.75. The lowest BCUT2D eigenvalue weighted by molar-refractivity contribution is 0.102. The molecule has 2 aromatic heterocycles. The Labute approximate surface area is 148 Å². The maximum atomic E-state index is 12.3.